The molecule has 2 aliphatic heterocycles. The van der Waals surface area contributed by atoms with Crippen LogP contribution < -0.4 is 10.6 Å². The summed E-state index contributed by atoms with van der Waals surface area (Å²) in [5.74, 6) is -0.458. The van der Waals surface area contributed by atoms with Gasteiger partial charge in [-0.15, -0.1) is 0 Å². The van der Waals surface area contributed by atoms with Crippen molar-refractivity contribution in [3.05, 3.63) is 35.1 Å². The number of imide groups is 1. The third kappa shape index (κ3) is 2.42. The van der Waals surface area contributed by atoms with E-state index < -0.39 is 0 Å². The van der Waals surface area contributed by atoms with Gasteiger partial charge in [0.1, 0.15) is 6.04 Å². The van der Waals surface area contributed by atoms with Gasteiger partial charge in [-0.25, -0.2) is 0 Å². The van der Waals surface area contributed by atoms with Crippen LogP contribution in [0.1, 0.15) is 12.8 Å². The monoisotopic (exact) mass is 287 g/mol. The molecule has 0 aromatic rings. The third-order valence-corrected chi connectivity index (χ3v) is 4.03. The molecule has 3 rings (SSSR count). The molecule has 0 saturated carbocycles. The molecule has 3 aliphatic rings. The maximum absolute atomic E-state index is 12.0. The van der Waals surface area contributed by atoms with Crippen LogP contribution in [0.3, 0.4) is 0 Å². The van der Waals surface area contributed by atoms with E-state index in [1.807, 2.05) is 11.1 Å². The smallest absolute Gasteiger partial charge is 0.249 e. The van der Waals surface area contributed by atoms with Crippen LogP contribution in [0, 0.1) is 0 Å². The van der Waals surface area contributed by atoms with Gasteiger partial charge in [0.25, 0.3) is 0 Å². The summed E-state index contributed by atoms with van der Waals surface area (Å²) in [4.78, 5) is 37.1. The van der Waals surface area contributed by atoms with E-state index in [2.05, 4.69) is 10.6 Å². The number of allylic oxidation sites excluding steroid dienone is 2. The number of carbonyl (C=O) groups is 3. The van der Waals surface area contributed by atoms with E-state index in [1.165, 1.54) is 0 Å². The highest BCUT2D eigenvalue weighted by molar-refractivity contribution is 6.07. The highest BCUT2D eigenvalue weighted by atomic mass is 16.2. The predicted molar refractivity (Wildman–Crippen MR) is 76.1 cm³/mol. The Morgan fingerprint density at radius 3 is 2.86 bits per heavy atom. The van der Waals surface area contributed by atoms with Crippen molar-refractivity contribution in [2.45, 2.75) is 18.9 Å². The molecule has 2 amide bonds. The highest BCUT2D eigenvalue weighted by Crippen LogP contribution is 2.31. The molecule has 0 radical (unpaired) electrons. The first-order chi connectivity index (χ1) is 10.1. The maximum atomic E-state index is 12.0. The van der Waals surface area contributed by atoms with E-state index in [0.29, 0.717) is 25.9 Å². The minimum atomic E-state index is -0.340. The van der Waals surface area contributed by atoms with Crippen molar-refractivity contribution in [3.8, 4) is 0 Å². The van der Waals surface area contributed by atoms with Gasteiger partial charge >= 0.3 is 0 Å². The van der Waals surface area contributed by atoms with Gasteiger partial charge in [-0.1, -0.05) is 0 Å². The molecule has 1 atom stereocenters. The SMILES string of the molecule is CNCC1=C2CN(C3CCC(=O)NC3=O)C=C2C=CC1=O. The fraction of sp³-hybridized carbons (Fsp3) is 0.400. The van der Waals surface area contributed by atoms with Gasteiger partial charge in [0.05, 0.1) is 0 Å². The molecule has 6 nitrogen and oxygen atoms in total. The van der Waals surface area contributed by atoms with E-state index in [-0.39, 0.29) is 23.6 Å². The van der Waals surface area contributed by atoms with Crippen LogP contribution in [0.5, 0.6) is 0 Å². The number of amides is 2. The Balaban J connectivity index is 1.85. The number of carbonyl (C=O) groups excluding carboxylic acids is 3. The second-order valence-electron chi connectivity index (χ2n) is 5.41. The summed E-state index contributed by atoms with van der Waals surface area (Å²) in [6.45, 7) is 1.05. The lowest BCUT2D eigenvalue weighted by atomic mass is 9.93. The Bertz CT molecular complexity index is 616. The van der Waals surface area contributed by atoms with E-state index in [9.17, 15) is 14.4 Å². The molecular weight excluding hydrogens is 270 g/mol. The van der Waals surface area contributed by atoms with Crippen molar-refractivity contribution in [2.24, 2.45) is 0 Å². The topological polar surface area (TPSA) is 78.5 Å². The zero-order valence-corrected chi connectivity index (χ0v) is 11.8. The van der Waals surface area contributed by atoms with Gasteiger partial charge in [0, 0.05) is 31.3 Å². The standard InChI is InChI=1S/C15H17N3O3/c1-16-6-10-11-8-18(7-9(11)2-4-13(10)19)12-3-5-14(20)17-15(12)21/h2,4,7,12,16H,3,5-6,8H2,1H3,(H,17,20,21). The van der Waals surface area contributed by atoms with Gasteiger partial charge < -0.3 is 10.2 Å². The van der Waals surface area contributed by atoms with Crippen LogP contribution in [0.2, 0.25) is 0 Å². The molecule has 0 aromatic heterocycles. The molecule has 21 heavy (non-hydrogen) atoms. The Morgan fingerprint density at radius 2 is 2.14 bits per heavy atom. The fourth-order valence-corrected chi connectivity index (χ4v) is 2.97. The predicted octanol–water partition coefficient (Wildman–Crippen LogP) is -0.354. The number of hydrogen-bond acceptors (Lipinski definition) is 5. The first kappa shape index (κ1) is 13.8. The summed E-state index contributed by atoms with van der Waals surface area (Å²) in [5.41, 5.74) is 2.70. The van der Waals surface area contributed by atoms with E-state index in [4.69, 9.17) is 0 Å². The first-order valence-corrected chi connectivity index (χ1v) is 7.01. The number of ketones is 1. The lowest BCUT2D eigenvalue weighted by Gasteiger charge is -2.29. The van der Waals surface area contributed by atoms with Gasteiger partial charge in [0.15, 0.2) is 5.78 Å². The number of nitrogens with zero attached hydrogens (tertiary/aromatic N) is 1. The summed E-state index contributed by atoms with van der Waals surface area (Å²) in [6, 6.07) is -0.340. The Hall–Kier alpha value is -2.21. The number of piperidine rings is 1. The Labute approximate surface area is 122 Å². The summed E-state index contributed by atoms with van der Waals surface area (Å²) in [6.07, 6.45) is 6.14. The summed E-state index contributed by atoms with van der Waals surface area (Å²) >= 11 is 0. The molecule has 1 aliphatic carbocycles. The Morgan fingerprint density at radius 1 is 1.33 bits per heavy atom. The largest absolute Gasteiger partial charge is 0.361 e. The van der Waals surface area contributed by atoms with E-state index in [1.54, 1.807) is 19.2 Å². The zero-order valence-electron chi connectivity index (χ0n) is 11.8. The zero-order chi connectivity index (χ0) is 15.0. The van der Waals surface area contributed by atoms with E-state index >= 15 is 0 Å². The lowest BCUT2D eigenvalue weighted by Crippen LogP contribution is -2.50. The molecular formula is C15H17N3O3. The maximum Gasteiger partial charge on any atom is 0.249 e. The molecule has 0 bridgehead atoms. The van der Waals surface area contributed by atoms with Crippen molar-refractivity contribution in [1.29, 1.82) is 0 Å². The normalized spacial score (nSPS) is 25.2. The number of fused-ring (bicyclic) bond motifs is 1. The number of nitrogens with one attached hydrogen (secondary N) is 2. The van der Waals surface area contributed by atoms with Crippen LogP contribution in [0.4, 0.5) is 0 Å². The molecule has 6 heteroatoms. The average molecular weight is 287 g/mol. The number of rotatable bonds is 3. The van der Waals surface area contributed by atoms with Crippen LogP contribution in [0.25, 0.3) is 0 Å². The third-order valence-electron chi connectivity index (χ3n) is 4.03. The summed E-state index contributed by atoms with van der Waals surface area (Å²) < 4.78 is 0. The molecule has 2 heterocycles. The van der Waals surface area contributed by atoms with Crippen LogP contribution >= 0.6 is 0 Å². The minimum Gasteiger partial charge on any atom is -0.361 e. The second kappa shape index (κ2) is 5.29. The van der Waals surface area contributed by atoms with Crippen LogP contribution in [0.15, 0.2) is 35.1 Å². The van der Waals surface area contributed by atoms with Gasteiger partial charge in [-0.3, -0.25) is 19.7 Å². The van der Waals surface area contributed by atoms with Gasteiger partial charge in [-0.2, -0.15) is 0 Å². The number of likely N-dealkylation sites (N-methyl/N-ethyl adjacent to an activating group) is 1. The van der Waals surface area contributed by atoms with Crippen molar-refractivity contribution in [3.63, 3.8) is 0 Å². The molecule has 1 saturated heterocycles. The first-order valence-electron chi connectivity index (χ1n) is 7.01. The van der Waals surface area contributed by atoms with Crippen molar-refractivity contribution < 1.29 is 14.4 Å². The van der Waals surface area contributed by atoms with Crippen molar-refractivity contribution >= 4 is 17.6 Å². The minimum absolute atomic E-state index is 0.0154. The molecule has 0 spiro atoms. The van der Waals surface area contributed by atoms with E-state index in [0.717, 1.165) is 16.7 Å². The molecule has 110 valence electrons. The van der Waals surface area contributed by atoms with Gasteiger partial charge in [0.2, 0.25) is 11.8 Å². The molecule has 1 unspecified atom stereocenters. The van der Waals surface area contributed by atoms with Gasteiger partial charge in [-0.05, 0) is 36.8 Å². The van der Waals surface area contributed by atoms with Crippen molar-refractivity contribution in [1.82, 2.24) is 15.5 Å². The average Bonchev–Trinajstić information content (AvgIpc) is 2.86. The quantitative estimate of drug-likeness (QED) is 0.694. The molecule has 2 N–H and O–H groups in total. The summed E-state index contributed by atoms with van der Waals surface area (Å²) in [5, 5.41) is 5.38. The second-order valence-corrected chi connectivity index (χ2v) is 5.41. The summed E-state index contributed by atoms with van der Waals surface area (Å²) in [7, 11) is 1.80. The van der Waals surface area contributed by atoms with Crippen LogP contribution in [-0.2, 0) is 14.4 Å². The molecule has 1 fully saturated rings. The van der Waals surface area contributed by atoms with Crippen molar-refractivity contribution in [2.75, 3.05) is 20.1 Å². The molecule has 0 aromatic carbocycles. The highest BCUT2D eigenvalue weighted by Gasteiger charge is 2.35. The Kier molecular flexibility index (Phi) is 3.47. The number of hydrogen-bond donors (Lipinski definition) is 2. The fourth-order valence-electron chi connectivity index (χ4n) is 2.97. The lowest BCUT2D eigenvalue weighted by molar-refractivity contribution is -0.136. The van der Waals surface area contributed by atoms with Crippen LogP contribution in [-0.4, -0.2) is 48.7 Å².